The Morgan fingerprint density at radius 3 is 2.42 bits per heavy atom. The number of likely N-dealkylation sites (tertiary alicyclic amines) is 1. The molecule has 4 atom stereocenters. The van der Waals surface area contributed by atoms with Crippen molar-refractivity contribution in [2.45, 2.75) is 82.0 Å². The van der Waals surface area contributed by atoms with Gasteiger partial charge < -0.3 is 19.9 Å². The number of carbonyl (C=O) groups is 2. The predicted molar refractivity (Wildman–Crippen MR) is 193 cm³/mol. The second-order valence-corrected chi connectivity index (χ2v) is 15.0. The second-order valence-electron chi connectivity index (χ2n) is 15.0. The highest BCUT2D eigenvalue weighted by atomic mass is 19.4. The Hall–Kier alpha value is -4.38. The monoisotopic (exact) mass is 713 g/mol. The molecule has 2 amide bonds. The van der Waals surface area contributed by atoms with Crippen LogP contribution in [0.4, 0.5) is 18.0 Å². The molecule has 8 nitrogen and oxygen atoms in total. The Kier molecular flexibility index (Phi) is 9.72. The van der Waals surface area contributed by atoms with Crippen LogP contribution in [0.5, 0.6) is 0 Å². The normalized spacial score (nSPS) is 22.9. The third-order valence-electron chi connectivity index (χ3n) is 11.9. The molecule has 0 saturated carbocycles. The van der Waals surface area contributed by atoms with E-state index in [-0.39, 0.29) is 24.0 Å². The summed E-state index contributed by atoms with van der Waals surface area (Å²) in [6, 6.07) is 20.8. The maximum absolute atomic E-state index is 14.1. The topological polar surface area (TPSA) is 90.6 Å². The minimum atomic E-state index is -4.41. The molecular weight excluding hydrogens is 667 g/mol. The average molecular weight is 714 g/mol. The smallest absolute Gasteiger partial charge is 0.416 e. The van der Waals surface area contributed by atoms with Crippen molar-refractivity contribution >= 4 is 23.0 Å². The van der Waals surface area contributed by atoms with Crippen LogP contribution in [0.15, 0.2) is 66.7 Å². The van der Waals surface area contributed by atoms with Crippen LogP contribution >= 0.6 is 0 Å². The largest absolute Gasteiger partial charge is 0.448 e. The summed E-state index contributed by atoms with van der Waals surface area (Å²) in [4.78, 5) is 39.1. The second kappa shape index (κ2) is 14.6. The summed E-state index contributed by atoms with van der Waals surface area (Å²) in [7, 11) is 0. The number of carbonyl (C=O) groups excluding carboxylic acids is 2. The fourth-order valence-corrected chi connectivity index (χ4v) is 9.65. The van der Waals surface area contributed by atoms with Gasteiger partial charge in [0.2, 0.25) is 5.91 Å². The number of nitrogens with zero attached hydrogens (tertiary/aromatic N) is 3. The van der Waals surface area contributed by atoms with Crippen molar-refractivity contribution in [3.63, 3.8) is 0 Å². The molecular formula is C41H46F3N5O3. The van der Waals surface area contributed by atoms with Gasteiger partial charge in [-0.05, 0) is 110 Å². The first kappa shape index (κ1) is 34.7. The number of aromatic amines is 1. The summed E-state index contributed by atoms with van der Waals surface area (Å²) in [5.74, 6) is 1.37. The van der Waals surface area contributed by atoms with Crippen LogP contribution in [0.3, 0.4) is 0 Å². The lowest BCUT2D eigenvalue weighted by atomic mass is 9.69. The van der Waals surface area contributed by atoms with Crippen molar-refractivity contribution in [3.8, 4) is 11.1 Å². The third kappa shape index (κ3) is 6.91. The van der Waals surface area contributed by atoms with Gasteiger partial charge in [0.05, 0.1) is 16.6 Å². The quantitative estimate of drug-likeness (QED) is 0.163. The van der Waals surface area contributed by atoms with E-state index in [0.29, 0.717) is 80.1 Å². The van der Waals surface area contributed by atoms with E-state index < -0.39 is 11.7 Å². The van der Waals surface area contributed by atoms with E-state index in [4.69, 9.17) is 4.74 Å². The van der Waals surface area contributed by atoms with Crippen molar-refractivity contribution < 1.29 is 27.5 Å². The number of fused-ring (bicyclic) bond motifs is 4. The molecule has 4 aromatic rings. The fourth-order valence-electron chi connectivity index (χ4n) is 9.65. The van der Waals surface area contributed by atoms with Crippen LogP contribution < -0.4 is 5.32 Å². The van der Waals surface area contributed by atoms with Gasteiger partial charge in [-0.1, -0.05) is 48.5 Å². The first-order chi connectivity index (χ1) is 25.2. The number of rotatable bonds is 10. The van der Waals surface area contributed by atoms with Gasteiger partial charge in [0.25, 0.3) is 0 Å². The maximum atomic E-state index is 14.1. The Morgan fingerprint density at radius 2 is 1.67 bits per heavy atom. The lowest BCUT2D eigenvalue weighted by molar-refractivity contribution is -0.137. The van der Waals surface area contributed by atoms with Gasteiger partial charge in [0.15, 0.2) is 0 Å². The van der Waals surface area contributed by atoms with Crippen molar-refractivity contribution in [2.24, 2.45) is 11.8 Å². The van der Waals surface area contributed by atoms with E-state index in [1.165, 1.54) is 28.3 Å². The van der Waals surface area contributed by atoms with Crippen molar-refractivity contribution in [1.29, 1.82) is 0 Å². The average Bonchev–Trinajstić information content (AvgIpc) is 3.71. The van der Waals surface area contributed by atoms with Crippen molar-refractivity contribution in [2.75, 3.05) is 32.8 Å². The van der Waals surface area contributed by atoms with Gasteiger partial charge in [0.1, 0.15) is 12.4 Å². The number of hydrogen-bond acceptors (Lipinski definition) is 5. The summed E-state index contributed by atoms with van der Waals surface area (Å²) in [6.07, 6.45) is 2.75. The molecule has 0 spiro atoms. The lowest BCUT2D eigenvalue weighted by Crippen LogP contribution is -2.65. The van der Waals surface area contributed by atoms with E-state index in [1.807, 2.05) is 17.0 Å². The van der Waals surface area contributed by atoms with Crippen molar-refractivity contribution in [3.05, 3.63) is 89.2 Å². The zero-order chi connectivity index (χ0) is 35.8. The first-order valence-corrected chi connectivity index (χ1v) is 18.9. The minimum absolute atomic E-state index is 0.00460. The minimum Gasteiger partial charge on any atom is -0.448 e. The molecule has 52 heavy (non-hydrogen) atoms. The molecule has 1 aromatic heterocycles. The Labute approximate surface area is 302 Å². The standard InChI is InChI=1S/C41H46F3N5O3/c42-41(43,44)27-18-19-34-35(23-27)47-37(46-34)16-6-20-45-38(50)17-5-15-36-32-14-8-22-48-21-7-9-26(39(32)48)24-49(36)40(51)52-25-33-30-12-3-1-10-28(30)29-11-2-4-13-31(29)33/h1-4,10-13,18-19,23,26,32-33,36,39H,5-9,14-17,20-22,24-25H2,(H,45,50)(H,46,47)/t26-,32+,36+,39-/m0/s1. The number of benzene rings is 3. The van der Waals surface area contributed by atoms with Crippen LogP contribution in [-0.2, 0) is 22.1 Å². The number of nitrogens with one attached hydrogen (secondary N) is 2. The van der Waals surface area contributed by atoms with Crippen LogP contribution in [0.1, 0.15) is 79.8 Å². The van der Waals surface area contributed by atoms with Gasteiger partial charge in [0, 0.05) is 43.9 Å². The van der Waals surface area contributed by atoms with Crippen molar-refractivity contribution in [1.82, 2.24) is 25.1 Å². The number of imidazole rings is 1. The van der Waals surface area contributed by atoms with Gasteiger partial charge >= 0.3 is 12.3 Å². The predicted octanol–water partition coefficient (Wildman–Crippen LogP) is 7.92. The van der Waals surface area contributed by atoms with Gasteiger partial charge in [-0.15, -0.1) is 0 Å². The molecule has 2 N–H and O–H groups in total. The number of H-pyrrole nitrogens is 1. The maximum Gasteiger partial charge on any atom is 0.416 e. The van der Waals surface area contributed by atoms with Gasteiger partial charge in [-0.3, -0.25) is 9.69 Å². The molecule has 8 rings (SSSR count). The molecule has 274 valence electrons. The fraction of sp³-hybridized carbons (Fsp3) is 0.488. The van der Waals surface area contributed by atoms with Gasteiger partial charge in [-0.25, -0.2) is 9.78 Å². The molecule has 0 radical (unpaired) electrons. The van der Waals surface area contributed by atoms with E-state index in [2.05, 4.69) is 56.6 Å². The van der Waals surface area contributed by atoms with Crippen LogP contribution in [0.25, 0.3) is 22.2 Å². The summed E-state index contributed by atoms with van der Waals surface area (Å²) in [5, 5.41) is 3.00. The van der Waals surface area contributed by atoms with E-state index in [9.17, 15) is 22.8 Å². The highest BCUT2D eigenvalue weighted by molar-refractivity contribution is 5.79. The Balaban J connectivity index is 0.874. The zero-order valence-electron chi connectivity index (χ0n) is 29.3. The molecule has 4 heterocycles. The summed E-state index contributed by atoms with van der Waals surface area (Å²) in [5.41, 5.74) is 4.94. The molecule has 3 aliphatic heterocycles. The first-order valence-electron chi connectivity index (χ1n) is 18.9. The van der Waals surface area contributed by atoms with E-state index in [0.717, 1.165) is 57.3 Å². The van der Waals surface area contributed by atoms with Crippen LogP contribution in [-0.4, -0.2) is 76.6 Å². The molecule has 1 aliphatic carbocycles. The lowest BCUT2D eigenvalue weighted by Gasteiger charge is -2.57. The molecule has 4 aliphatic rings. The number of piperidine rings is 3. The molecule has 3 saturated heterocycles. The van der Waals surface area contributed by atoms with E-state index >= 15 is 0 Å². The summed E-state index contributed by atoms with van der Waals surface area (Å²) in [6.45, 7) is 3.69. The summed E-state index contributed by atoms with van der Waals surface area (Å²) >= 11 is 0. The highest BCUT2D eigenvalue weighted by Crippen LogP contribution is 2.46. The molecule has 0 unspecified atom stereocenters. The number of aryl methyl sites for hydroxylation is 1. The molecule has 3 aromatic carbocycles. The molecule has 0 bridgehead atoms. The number of ether oxygens (including phenoxy) is 1. The number of amides is 2. The van der Waals surface area contributed by atoms with Crippen LogP contribution in [0, 0.1) is 11.8 Å². The number of alkyl halides is 3. The summed E-state index contributed by atoms with van der Waals surface area (Å²) < 4.78 is 45.5. The number of hydrogen-bond donors (Lipinski definition) is 2. The molecule has 11 heteroatoms. The Bertz CT molecular complexity index is 1880. The Morgan fingerprint density at radius 1 is 0.942 bits per heavy atom. The zero-order valence-corrected chi connectivity index (χ0v) is 29.3. The number of aromatic nitrogens is 2. The van der Waals surface area contributed by atoms with Crippen LogP contribution in [0.2, 0.25) is 0 Å². The van der Waals surface area contributed by atoms with E-state index in [1.54, 1.807) is 0 Å². The SMILES string of the molecule is O=C(CCC[C@@H]1[C@H]2CCCN3CCC[C@@H](CN1C(=O)OCC1c4ccccc4-c4ccccc41)[C@@H]23)NCCCc1nc2ccc(C(F)(F)F)cc2[nH]1. The highest BCUT2D eigenvalue weighted by Gasteiger charge is 2.50. The number of halogens is 3. The van der Waals surface area contributed by atoms with Gasteiger partial charge in [-0.2, -0.15) is 13.2 Å². The third-order valence-corrected chi connectivity index (χ3v) is 11.9. The molecule has 3 fully saturated rings.